The minimum atomic E-state index is -3.50. The van der Waals surface area contributed by atoms with Crippen LogP contribution in [0.3, 0.4) is 0 Å². The van der Waals surface area contributed by atoms with Gasteiger partial charge in [-0.1, -0.05) is 54.6 Å². The highest BCUT2D eigenvalue weighted by Crippen LogP contribution is 2.28. The van der Waals surface area contributed by atoms with Crippen molar-refractivity contribution < 1.29 is 13.2 Å². The number of amides is 1. The van der Waals surface area contributed by atoms with E-state index in [1.807, 2.05) is 39.8 Å². The Morgan fingerprint density at radius 3 is 2.53 bits per heavy atom. The molecule has 0 fully saturated rings. The quantitative estimate of drug-likeness (QED) is 0.460. The average Bonchev–Trinajstić information content (AvgIpc) is 3.24. The maximum absolute atomic E-state index is 13.8. The highest BCUT2D eigenvalue weighted by Gasteiger charge is 2.25. The molecule has 2 heterocycles. The van der Waals surface area contributed by atoms with Crippen LogP contribution >= 0.6 is 0 Å². The Bertz CT molecular complexity index is 1460. The van der Waals surface area contributed by atoms with Crippen molar-refractivity contribution in [1.29, 1.82) is 0 Å². The highest BCUT2D eigenvalue weighted by atomic mass is 32.2. The van der Waals surface area contributed by atoms with Crippen LogP contribution in [-0.4, -0.2) is 41.6 Å². The number of aryl methyl sites for hydroxylation is 2. The predicted molar refractivity (Wildman–Crippen MR) is 133 cm³/mol. The summed E-state index contributed by atoms with van der Waals surface area (Å²) in [7, 11) is -3.50. The van der Waals surface area contributed by atoms with E-state index in [2.05, 4.69) is 34.0 Å². The maximum atomic E-state index is 13.8. The minimum Gasteiger partial charge on any atom is -0.334 e. The second-order valence-electron chi connectivity index (χ2n) is 8.68. The number of nitrogens with zero attached hydrogens (tertiary/aromatic N) is 3. The van der Waals surface area contributed by atoms with E-state index in [1.165, 1.54) is 11.1 Å². The number of benzene rings is 3. The van der Waals surface area contributed by atoms with Crippen LogP contribution < -0.4 is 4.72 Å². The van der Waals surface area contributed by atoms with Gasteiger partial charge in [0.15, 0.2) is 0 Å². The lowest BCUT2D eigenvalue weighted by Gasteiger charge is -2.29. The maximum Gasteiger partial charge on any atom is 0.256 e. The number of fused-ring (bicyclic) bond motifs is 2. The Kier molecular flexibility index (Phi) is 5.83. The van der Waals surface area contributed by atoms with Gasteiger partial charge in [-0.3, -0.25) is 9.52 Å². The Morgan fingerprint density at radius 1 is 1.03 bits per heavy atom. The van der Waals surface area contributed by atoms with Crippen molar-refractivity contribution in [3.63, 3.8) is 0 Å². The zero-order valence-electron chi connectivity index (χ0n) is 18.9. The lowest BCUT2D eigenvalue weighted by molar-refractivity contribution is 0.0736. The summed E-state index contributed by atoms with van der Waals surface area (Å²) in [5.41, 5.74) is 5.69. The topological polar surface area (TPSA) is 84.3 Å². The molecule has 1 amide bonds. The lowest BCUT2D eigenvalue weighted by Crippen LogP contribution is -2.36. The summed E-state index contributed by atoms with van der Waals surface area (Å²) < 4.78 is 28.3. The predicted octanol–water partition coefficient (Wildman–Crippen LogP) is 3.85. The first-order chi connectivity index (χ1) is 16.4. The second kappa shape index (κ2) is 8.95. The Balaban J connectivity index is 1.53. The van der Waals surface area contributed by atoms with E-state index in [0.717, 1.165) is 30.2 Å². The van der Waals surface area contributed by atoms with Crippen molar-refractivity contribution >= 4 is 32.7 Å². The van der Waals surface area contributed by atoms with Crippen LogP contribution in [0.5, 0.6) is 0 Å². The third-order valence-corrected chi connectivity index (χ3v) is 6.76. The number of carbonyl (C=O) groups excluding carboxylic acids is 1. The first-order valence-corrected chi connectivity index (χ1v) is 13.1. The van der Waals surface area contributed by atoms with Crippen molar-refractivity contribution in [2.75, 3.05) is 17.5 Å². The monoisotopic (exact) mass is 474 g/mol. The average molecular weight is 475 g/mol. The van der Waals surface area contributed by atoms with Gasteiger partial charge < -0.3 is 9.47 Å². The van der Waals surface area contributed by atoms with E-state index in [-0.39, 0.29) is 5.91 Å². The van der Waals surface area contributed by atoms with Gasteiger partial charge in [-0.25, -0.2) is 13.4 Å². The molecule has 4 aromatic rings. The summed E-state index contributed by atoms with van der Waals surface area (Å²) >= 11 is 0. The molecule has 0 radical (unpaired) electrons. The molecule has 1 aromatic heterocycles. The molecule has 0 spiro atoms. The molecule has 34 heavy (non-hydrogen) atoms. The molecule has 174 valence electrons. The van der Waals surface area contributed by atoms with Crippen molar-refractivity contribution in [2.45, 2.75) is 25.9 Å². The summed E-state index contributed by atoms with van der Waals surface area (Å²) in [6, 6.07) is 21.6. The smallest absolute Gasteiger partial charge is 0.256 e. The highest BCUT2D eigenvalue weighted by molar-refractivity contribution is 7.92. The number of aromatic nitrogens is 2. The first-order valence-electron chi connectivity index (χ1n) is 11.2. The number of hydrogen-bond donors (Lipinski definition) is 1. The first kappa shape index (κ1) is 22.2. The fourth-order valence-electron chi connectivity index (χ4n) is 4.55. The zero-order chi connectivity index (χ0) is 23.7. The van der Waals surface area contributed by atoms with Crippen molar-refractivity contribution in [1.82, 2.24) is 14.5 Å². The normalized spacial score (nSPS) is 13.6. The van der Waals surface area contributed by atoms with Gasteiger partial charge in [0.2, 0.25) is 10.0 Å². The zero-order valence-corrected chi connectivity index (χ0v) is 19.8. The van der Waals surface area contributed by atoms with Gasteiger partial charge in [0.25, 0.3) is 5.91 Å². The number of anilines is 1. The molecule has 5 rings (SSSR count). The van der Waals surface area contributed by atoms with Gasteiger partial charge in [-0.15, -0.1) is 0 Å². The van der Waals surface area contributed by atoms with Gasteiger partial charge in [-0.05, 0) is 41.7 Å². The number of rotatable bonds is 6. The number of imidazole rings is 1. The third-order valence-electron chi connectivity index (χ3n) is 6.15. The summed E-state index contributed by atoms with van der Waals surface area (Å²) in [5, 5.41) is 0. The standard InChI is InChI=1S/C26H26N4O3S/c1-34(32,33)28-22-15-23(26(31)29-14-12-20-9-5-6-10-21(20)17-29)25-24(16-22)27-18-30(25)13-11-19-7-3-2-4-8-19/h2-10,15-16,18,28H,11-14,17H2,1H3. The lowest BCUT2D eigenvalue weighted by atomic mass is 9.99. The van der Waals surface area contributed by atoms with Crippen LogP contribution in [0.1, 0.15) is 27.0 Å². The molecule has 0 saturated heterocycles. The van der Waals surface area contributed by atoms with Crippen molar-refractivity contribution in [3.05, 3.63) is 95.3 Å². The molecule has 3 aromatic carbocycles. The largest absolute Gasteiger partial charge is 0.334 e. The number of sulfonamides is 1. The molecule has 0 saturated carbocycles. The van der Waals surface area contributed by atoms with Crippen LogP contribution in [0, 0.1) is 0 Å². The molecule has 1 aliphatic heterocycles. The van der Waals surface area contributed by atoms with Crippen molar-refractivity contribution in [2.24, 2.45) is 0 Å². The molecule has 1 N–H and O–H groups in total. The Hall–Kier alpha value is -3.65. The number of hydrogen-bond acceptors (Lipinski definition) is 4. The van der Waals surface area contributed by atoms with Crippen LogP contribution in [0.15, 0.2) is 73.1 Å². The summed E-state index contributed by atoms with van der Waals surface area (Å²) in [4.78, 5) is 20.1. The Labute approximate surface area is 199 Å². The van der Waals surface area contributed by atoms with E-state index < -0.39 is 10.0 Å². The third kappa shape index (κ3) is 4.68. The van der Waals surface area contributed by atoms with Crippen LogP contribution in [0.4, 0.5) is 5.69 Å². The van der Waals surface area contributed by atoms with Gasteiger partial charge >= 0.3 is 0 Å². The van der Waals surface area contributed by atoms with Crippen LogP contribution in [0.2, 0.25) is 0 Å². The molecule has 8 heteroatoms. The Morgan fingerprint density at radius 2 is 1.76 bits per heavy atom. The molecular weight excluding hydrogens is 448 g/mol. The van der Waals surface area contributed by atoms with E-state index >= 15 is 0 Å². The summed E-state index contributed by atoms with van der Waals surface area (Å²) in [6.45, 7) is 1.79. The number of carbonyl (C=O) groups is 1. The van der Waals surface area contributed by atoms with Crippen LogP contribution in [-0.2, 0) is 36.0 Å². The van der Waals surface area contributed by atoms with E-state index in [9.17, 15) is 13.2 Å². The minimum absolute atomic E-state index is 0.127. The molecule has 0 unspecified atom stereocenters. The molecular formula is C26H26N4O3S. The van der Waals surface area contributed by atoms with Gasteiger partial charge in [0, 0.05) is 19.6 Å². The molecule has 1 aliphatic rings. The summed E-state index contributed by atoms with van der Waals surface area (Å²) in [5.74, 6) is -0.127. The fraction of sp³-hybridized carbons (Fsp3) is 0.231. The second-order valence-corrected chi connectivity index (χ2v) is 10.4. The SMILES string of the molecule is CS(=O)(=O)Nc1cc(C(=O)N2CCc3ccccc3C2)c2c(c1)ncn2CCc1ccccc1. The van der Waals surface area contributed by atoms with E-state index in [0.29, 0.717) is 36.4 Å². The molecule has 7 nitrogen and oxygen atoms in total. The molecule has 0 atom stereocenters. The summed E-state index contributed by atoms with van der Waals surface area (Å²) in [6.07, 6.45) is 4.40. The molecule has 0 bridgehead atoms. The van der Waals surface area contributed by atoms with E-state index in [1.54, 1.807) is 18.5 Å². The van der Waals surface area contributed by atoms with Gasteiger partial charge in [0.05, 0.1) is 34.9 Å². The van der Waals surface area contributed by atoms with E-state index in [4.69, 9.17) is 0 Å². The number of nitrogens with one attached hydrogen (secondary N) is 1. The van der Waals surface area contributed by atoms with Gasteiger partial charge in [-0.2, -0.15) is 0 Å². The van der Waals surface area contributed by atoms with Crippen LogP contribution in [0.25, 0.3) is 11.0 Å². The van der Waals surface area contributed by atoms with Crippen molar-refractivity contribution in [3.8, 4) is 0 Å². The van der Waals surface area contributed by atoms with Gasteiger partial charge in [0.1, 0.15) is 0 Å². The molecule has 0 aliphatic carbocycles. The fourth-order valence-corrected chi connectivity index (χ4v) is 5.09.